The molecular weight excluding hydrogens is 314 g/mol. The summed E-state index contributed by atoms with van der Waals surface area (Å²) in [4.78, 5) is 12.2. The molecule has 98 valence electrons. The number of halogens is 2. The van der Waals surface area contributed by atoms with Crippen LogP contribution < -0.4 is 5.32 Å². The molecule has 2 atom stereocenters. The van der Waals surface area contributed by atoms with Gasteiger partial charge in [-0.3, -0.25) is 4.79 Å². The van der Waals surface area contributed by atoms with Crippen molar-refractivity contribution in [2.75, 3.05) is 5.88 Å². The highest BCUT2D eigenvalue weighted by Crippen LogP contribution is 2.27. The first-order valence-corrected chi connectivity index (χ1v) is 7.57. The van der Waals surface area contributed by atoms with Crippen molar-refractivity contribution in [3.8, 4) is 0 Å². The maximum atomic E-state index is 12.2. The summed E-state index contributed by atoms with van der Waals surface area (Å²) in [5.41, 5.74) is 1.83. The third-order valence-corrected chi connectivity index (χ3v) is 4.60. The molecule has 0 heterocycles. The molecule has 1 aliphatic carbocycles. The minimum atomic E-state index is -0.0103. The summed E-state index contributed by atoms with van der Waals surface area (Å²) < 4.78 is 0.848. The first-order valence-electron chi connectivity index (χ1n) is 6.25. The van der Waals surface area contributed by atoms with E-state index in [1.807, 2.05) is 25.1 Å². The van der Waals surface area contributed by atoms with Gasteiger partial charge in [0.05, 0.1) is 5.56 Å². The molecule has 2 rings (SSSR count). The van der Waals surface area contributed by atoms with E-state index < -0.39 is 0 Å². The summed E-state index contributed by atoms with van der Waals surface area (Å²) in [6.07, 6.45) is 3.30. The van der Waals surface area contributed by atoms with Crippen LogP contribution in [0.2, 0.25) is 0 Å². The zero-order chi connectivity index (χ0) is 13.1. The average molecular weight is 331 g/mol. The summed E-state index contributed by atoms with van der Waals surface area (Å²) in [5, 5.41) is 3.10. The minimum absolute atomic E-state index is 0.0103. The summed E-state index contributed by atoms with van der Waals surface area (Å²) in [5.74, 6) is 1.03. The van der Waals surface area contributed by atoms with Crippen molar-refractivity contribution in [3.63, 3.8) is 0 Å². The number of carbonyl (C=O) groups is 1. The molecule has 1 amide bonds. The van der Waals surface area contributed by atoms with Crippen LogP contribution in [0.15, 0.2) is 22.7 Å². The fraction of sp³-hybridized carbons (Fsp3) is 0.500. The second kappa shape index (κ2) is 6.07. The second-order valence-electron chi connectivity index (χ2n) is 4.91. The van der Waals surface area contributed by atoms with Crippen molar-refractivity contribution in [1.29, 1.82) is 0 Å². The van der Waals surface area contributed by atoms with Gasteiger partial charge >= 0.3 is 0 Å². The fourth-order valence-corrected chi connectivity index (χ4v) is 3.50. The first-order chi connectivity index (χ1) is 8.61. The Morgan fingerprint density at radius 2 is 2.28 bits per heavy atom. The van der Waals surface area contributed by atoms with E-state index >= 15 is 0 Å². The Labute approximate surface area is 121 Å². The molecule has 1 saturated carbocycles. The van der Waals surface area contributed by atoms with E-state index in [9.17, 15) is 4.79 Å². The van der Waals surface area contributed by atoms with Gasteiger partial charge in [-0.1, -0.05) is 12.5 Å². The number of carbonyl (C=O) groups excluding carboxylic acids is 1. The molecule has 18 heavy (non-hydrogen) atoms. The van der Waals surface area contributed by atoms with Crippen LogP contribution in [0.1, 0.15) is 35.2 Å². The maximum absolute atomic E-state index is 12.2. The largest absolute Gasteiger partial charge is 0.349 e. The predicted molar refractivity (Wildman–Crippen MR) is 78.2 cm³/mol. The zero-order valence-corrected chi connectivity index (χ0v) is 12.7. The van der Waals surface area contributed by atoms with Gasteiger partial charge in [-0.25, -0.2) is 0 Å². The molecule has 4 heteroatoms. The third-order valence-electron chi connectivity index (χ3n) is 3.54. The lowest BCUT2D eigenvalue weighted by Gasteiger charge is -2.19. The van der Waals surface area contributed by atoms with Gasteiger partial charge in [0.2, 0.25) is 0 Å². The van der Waals surface area contributed by atoms with E-state index in [2.05, 4.69) is 21.2 Å². The zero-order valence-electron chi connectivity index (χ0n) is 10.4. The highest BCUT2D eigenvalue weighted by atomic mass is 79.9. The Hall–Kier alpha value is -0.540. The van der Waals surface area contributed by atoms with E-state index in [1.54, 1.807) is 0 Å². The Bertz CT molecular complexity index is 449. The quantitative estimate of drug-likeness (QED) is 0.837. The van der Waals surface area contributed by atoms with Crippen LogP contribution in [0.4, 0.5) is 0 Å². The van der Waals surface area contributed by atoms with Gasteiger partial charge in [-0.05, 0) is 59.3 Å². The van der Waals surface area contributed by atoms with Gasteiger partial charge in [0, 0.05) is 16.4 Å². The number of hydrogen-bond acceptors (Lipinski definition) is 1. The van der Waals surface area contributed by atoms with Crippen molar-refractivity contribution in [3.05, 3.63) is 33.8 Å². The van der Waals surface area contributed by atoms with Crippen LogP contribution in [0, 0.1) is 12.8 Å². The van der Waals surface area contributed by atoms with Crippen molar-refractivity contribution >= 4 is 33.4 Å². The molecular formula is C14H17BrClNO. The molecule has 0 bridgehead atoms. The molecule has 1 aromatic rings. The Morgan fingerprint density at radius 3 is 2.94 bits per heavy atom. The summed E-state index contributed by atoms with van der Waals surface area (Å²) in [7, 11) is 0. The summed E-state index contributed by atoms with van der Waals surface area (Å²) in [6.45, 7) is 2.01. The molecule has 1 N–H and O–H groups in total. The molecule has 0 spiro atoms. The lowest BCUT2D eigenvalue weighted by molar-refractivity contribution is 0.0929. The number of benzene rings is 1. The predicted octanol–water partition coefficient (Wildman–Crippen LogP) is 3.89. The monoisotopic (exact) mass is 329 g/mol. The average Bonchev–Trinajstić information content (AvgIpc) is 2.76. The number of alkyl halides is 1. The lowest BCUT2D eigenvalue weighted by atomic mass is 10.1. The van der Waals surface area contributed by atoms with Crippen molar-refractivity contribution < 1.29 is 4.79 Å². The van der Waals surface area contributed by atoms with Gasteiger partial charge in [-0.15, -0.1) is 11.6 Å². The van der Waals surface area contributed by atoms with E-state index in [0.717, 1.165) is 29.3 Å². The normalized spacial score (nSPS) is 23.1. The van der Waals surface area contributed by atoms with Crippen molar-refractivity contribution in [2.45, 2.75) is 32.2 Å². The number of rotatable bonds is 3. The van der Waals surface area contributed by atoms with Crippen molar-refractivity contribution in [1.82, 2.24) is 5.32 Å². The minimum Gasteiger partial charge on any atom is -0.349 e. The van der Waals surface area contributed by atoms with Crippen LogP contribution in [-0.2, 0) is 0 Å². The fourth-order valence-electron chi connectivity index (χ4n) is 2.46. The van der Waals surface area contributed by atoms with Crippen LogP contribution in [-0.4, -0.2) is 17.8 Å². The highest BCUT2D eigenvalue weighted by molar-refractivity contribution is 9.10. The van der Waals surface area contributed by atoms with Crippen LogP contribution in [0.25, 0.3) is 0 Å². The first kappa shape index (κ1) is 13.9. The molecule has 0 saturated heterocycles. The van der Waals surface area contributed by atoms with E-state index in [4.69, 9.17) is 11.6 Å². The molecule has 1 fully saturated rings. The van der Waals surface area contributed by atoms with Gasteiger partial charge in [0.25, 0.3) is 5.91 Å². The standard InChI is InChI=1S/C14H17BrClNO/c1-9-5-6-11(12(15)7-9)14(18)17-13-4-2-3-10(13)8-16/h5-7,10,13H,2-4,8H2,1H3,(H,17,18). The lowest BCUT2D eigenvalue weighted by Crippen LogP contribution is -2.38. The number of aryl methyl sites for hydroxylation is 1. The molecule has 0 aromatic heterocycles. The van der Waals surface area contributed by atoms with E-state index in [0.29, 0.717) is 17.4 Å². The Morgan fingerprint density at radius 1 is 1.50 bits per heavy atom. The molecule has 2 nitrogen and oxygen atoms in total. The number of nitrogens with one attached hydrogen (secondary N) is 1. The summed E-state index contributed by atoms with van der Waals surface area (Å²) in [6, 6.07) is 6.00. The molecule has 2 unspecified atom stereocenters. The van der Waals surface area contributed by atoms with Gasteiger partial charge in [0.15, 0.2) is 0 Å². The molecule has 1 aliphatic rings. The highest BCUT2D eigenvalue weighted by Gasteiger charge is 2.28. The molecule has 0 aliphatic heterocycles. The Kier molecular flexibility index (Phi) is 4.68. The molecule has 1 aromatic carbocycles. The topological polar surface area (TPSA) is 29.1 Å². The number of amides is 1. The van der Waals surface area contributed by atoms with Gasteiger partial charge < -0.3 is 5.32 Å². The van der Waals surface area contributed by atoms with Crippen molar-refractivity contribution in [2.24, 2.45) is 5.92 Å². The van der Waals surface area contributed by atoms with Gasteiger partial charge in [-0.2, -0.15) is 0 Å². The Balaban J connectivity index is 2.07. The van der Waals surface area contributed by atoms with Crippen LogP contribution >= 0.6 is 27.5 Å². The maximum Gasteiger partial charge on any atom is 0.252 e. The SMILES string of the molecule is Cc1ccc(C(=O)NC2CCCC2CCl)c(Br)c1. The second-order valence-corrected chi connectivity index (χ2v) is 6.07. The molecule has 0 radical (unpaired) electrons. The van der Waals surface area contributed by atoms with Crippen LogP contribution in [0.5, 0.6) is 0 Å². The van der Waals surface area contributed by atoms with E-state index in [1.165, 1.54) is 0 Å². The van der Waals surface area contributed by atoms with Gasteiger partial charge in [0.1, 0.15) is 0 Å². The third kappa shape index (κ3) is 3.07. The number of hydrogen-bond donors (Lipinski definition) is 1. The smallest absolute Gasteiger partial charge is 0.252 e. The van der Waals surface area contributed by atoms with Crippen LogP contribution in [0.3, 0.4) is 0 Å². The summed E-state index contributed by atoms with van der Waals surface area (Å²) >= 11 is 9.37. The van der Waals surface area contributed by atoms with E-state index in [-0.39, 0.29) is 11.9 Å².